The van der Waals surface area contributed by atoms with Crippen molar-refractivity contribution in [1.82, 2.24) is 14.4 Å². The Labute approximate surface area is 156 Å². The van der Waals surface area contributed by atoms with Gasteiger partial charge in [0.15, 0.2) is 0 Å². The first kappa shape index (κ1) is 18.4. The predicted molar refractivity (Wildman–Crippen MR) is 110 cm³/mol. The molecule has 3 heterocycles. The highest BCUT2D eigenvalue weighted by molar-refractivity contribution is 5.77. The van der Waals surface area contributed by atoms with Gasteiger partial charge in [-0.25, -0.2) is 4.98 Å². The molecule has 0 amide bonds. The summed E-state index contributed by atoms with van der Waals surface area (Å²) in [6, 6.07) is 8.36. The average molecular weight is 351 g/mol. The van der Waals surface area contributed by atoms with E-state index in [0.29, 0.717) is 0 Å². The number of hydrogen-bond acceptors (Lipinski definition) is 3. The normalized spacial score (nSPS) is 12.6. The van der Waals surface area contributed by atoms with Crippen LogP contribution in [0.4, 0.5) is 5.82 Å². The lowest BCUT2D eigenvalue weighted by molar-refractivity contribution is 0.302. The smallest absolute Gasteiger partial charge is 0.139 e. The van der Waals surface area contributed by atoms with Gasteiger partial charge in [-0.3, -0.25) is 9.38 Å². The Kier molecular flexibility index (Phi) is 4.55. The van der Waals surface area contributed by atoms with Gasteiger partial charge in [-0.15, -0.1) is 0 Å². The average Bonchev–Trinajstić information content (AvgIpc) is 2.83. The van der Waals surface area contributed by atoms with Crippen molar-refractivity contribution in [1.29, 1.82) is 0 Å². The number of imidazole rings is 1. The molecule has 3 aromatic heterocycles. The Morgan fingerprint density at radius 3 is 2.42 bits per heavy atom. The maximum atomic E-state index is 4.95. The minimum atomic E-state index is -0.0670. The van der Waals surface area contributed by atoms with Gasteiger partial charge in [0.05, 0.1) is 0 Å². The molecular weight excluding hydrogens is 320 g/mol. The van der Waals surface area contributed by atoms with E-state index in [2.05, 4.69) is 81.4 Å². The van der Waals surface area contributed by atoms with Crippen LogP contribution in [0.3, 0.4) is 0 Å². The van der Waals surface area contributed by atoms with Gasteiger partial charge in [0.2, 0.25) is 0 Å². The molecule has 0 saturated heterocycles. The first-order valence-electron chi connectivity index (χ1n) is 9.24. The molecule has 138 valence electrons. The van der Waals surface area contributed by atoms with Crippen LogP contribution in [0.2, 0.25) is 0 Å². The molecule has 0 bridgehead atoms. The highest BCUT2D eigenvalue weighted by atomic mass is 15.2. The fourth-order valence-corrected chi connectivity index (χ4v) is 4.04. The second kappa shape index (κ2) is 6.42. The van der Waals surface area contributed by atoms with Crippen molar-refractivity contribution in [3.63, 3.8) is 0 Å². The van der Waals surface area contributed by atoms with E-state index in [1.807, 2.05) is 12.3 Å². The van der Waals surface area contributed by atoms with E-state index in [0.717, 1.165) is 29.1 Å². The number of aromatic nitrogens is 3. The molecule has 0 aliphatic rings. The summed E-state index contributed by atoms with van der Waals surface area (Å²) in [5.74, 6) is 1.04. The van der Waals surface area contributed by atoms with Gasteiger partial charge in [0, 0.05) is 29.2 Å². The van der Waals surface area contributed by atoms with E-state index in [-0.39, 0.29) is 11.0 Å². The third-order valence-corrected chi connectivity index (χ3v) is 4.41. The summed E-state index contributed by atoms with van der Waals surface area (Å²) in [5, 5.41) is 3.80. The van der Waals surface area contributed by atoms with E-state index < -0.39 is 0 Å². The number of fused-ring (bicyclic) bond motifs is 1. The summed E-state index contributed by atoms with van der Waals surface area (Å²) >= 11 is 0. The molecule has 0 spiro atoms. The molecule has 4 heteroatoms. The van der Waals surface area contributed by atoms with Crippen LogP contribution < -0.4 is 5.32 Å². The van der Waals surface area contributed by atoms with Gasteiger partial charge in [0.25, 0.3) is 0 Å². The van der Waals surface area contributed by atoms with Gasteiger partial charge >= 0.3 is 0 Å². The van der Waals surface area contributed by atoms with Gasteiger partial charge in [-0.2, -0.15) is 0 Å². The van der Waals surface area contributed by atoms with E-state index in [9.17, 15) is 0 Å². The molecule has 4 nitrogen and oxygen atoms in total. The molecule has 0 aliphatic carbocycles. The Balaban J connectivity index is 2.18. The predicted octanol–water partition coefficient (Wildman–Crippen LogP) is 5.64. The highest BCUT2D eigenvalue weighted by Crippen LogP contribution is 2.35. The standard InChI is InChI=1S/C22H30N4/c1-15-11-16(2)26-18(12-15)24-19(17-9-8-10-23-13-17)20(26)25-22(6,7)14-21(3,4)5/h8-13,25H,14H2,1-7H3. The Bertz CT molecular complexity index is 915. The number of aryl methyl sites for hydroxylation is 2. The van der Waals surface area contributed by atoms with Crippen molar-refractivity contribution in [3.05, 3.63) is 47.9 Å². The molecule has 0 saturated carbocycles. The van der Waals surface area contributed by atoms with Crippen LogP contribution in [0.5, 0.6) is 0 Å². The summed E-state index contributed by atoms with van der Waals surface area (Å²) in [4.78, 5) is 9.24. The zero-order valence-corrected chi connectivity index (χ0v) is 17.0. The van der Waals surface area contributed by atoms with Crippen LogP contribution in [0.15, 0.2) is 36.7 Å². The number of pyridine rings is 2. The zero-order valence-electron chi connectivity index (χ0n) is 17.0. The van der Waals surface area contributed by atoms with E-state index in [4.69, 9.17) is 4.98 Å². The number of rotatable bonds is 4. The van der Waals surface area contributed by atoms with E-state index in [1.54, 1.807) is 6.20 Å². The van der Waals surface area contributed by atoms with Crippen molar-refractivity contribution in [3.8, 4) is 11.3 Å². The van der Waals surface area contributed by atoms with Gasteiger partial charge in [-0.1, -0.05) is 20.8 Å². The van der Waals surface area contributed by atoms with Crippen LogP contribution in [-0.2, 0) is 0 Å². The van der Waals surface area contributed by atoms with Gasteiger partial charge in [0.1, 0.15) is 17.2 Å². The van der Waals surface area contributed by atoms with Gasteiger partial charge in [-0.05, 0) is 69.4 Å². The fourth-order valence-electron chi connectivity index (χ4n) is 4.04. The lowest BCUT2D eigenvalue weighted by Gasteiger charge is -2.34. The second-order valence-electron chi connectivity index (χ2n) is 9.16. The molecule has 26 heavy (non-hydrogen) atoms. The highest BCUT2D eigenvalue weighted by Gasteiger charge is 2.28. The molecule has 0 aromatic carbocycles. The molecule has 0 unspecified atom stereocenters. The van der Waals surface area contributed by atoms with Crippen molar-refractivity contribution in [2.75, 3.05) is 5.32 Å². The van der Waals surface area contributed by atoms with Crippen LogP contribution >= 0.6 is 0 Å². The lowest BCUT2D eigenvalue weighted by atomic mass is 9.82. The third-order valence-electron chi connectivity index (χ3n) is 4.41. The van der Waals surface area contributed by atoms with E-state index in [1.165, 1.54) is 11.3 Å². The van der Waals surface area contributed by atoms with Crippen molar-refractivity contribution >= 4 is 11.5 Å². The van der Waals surface area contributed by atoms with Crippen LogP contribution in [0.1, 0.15) is 52.3 Å². The number of anilines is 1. The topological polar surface area (TPSA) is 42.2 Å². The Morgan fingerprint density at radius 1 is 1.08 bits per heavy atom. The number of nitrogens with one attached hydrogen (secondary N) is 1. The van der Waals surface area contributed by atoms with Crippen molar-refractivity contribution in [2.24, 2.45) is 5.41 Å². The minimum Gasteiger partial charge on any atom is -0.364 e. The maximum Gasteiger partial charge on any atom is 0.139 e. The molecule has 1 N–H and O–H groups in total. The summed E-state index contributed by atoms with van der Waals surface area (Å²) in [5.41, 5.74) is 5.51. The summed E-state index contributed by atoms with van der Waals surface area (Å²) in [7, 11) is 0. The lowest BCUT2D eigenvalue weighted by Crippen LogP contribution is -2.36. The summed E-state index contributed by atoms with van der Waals surface area (Å²) in [6.07, 6.45) is 4.72. The molecule has 0 aliphatic heterocycles. The zero-order chi connectivity index (χ0) is 19.1. The maximum absolute atomic E-state index is 4.95. The monoisotopic (exact) mass is 350 g/mol. The molecular formula is C22H30N4. The molecule has 0 atom stereocenters. The summed E-state index contributed by atoms with van der Waals surface area (Å²) in [6.45, 7) is 15.6. The van der Waals surface area contributed by atoms with Crippen LogP contribution in [-0.4, -0.2) is 19.9 Å². The van der Waals surface area contributed by atoms with Crippen LogP contribution in [0, 0.1) is 19.3 Å². The fraction of sp³-hybridized carbons (Fsp3) is 0.455. The molecule has 3 aromatic rings. The molecule has 3 rings (SSSR count). The van der Waals surface area contributed by atoms with Crippen molar-refractivity contribution in [2.45, 2.75) is 60.4 Å². The Morgan fingerprint density at radius 2 is 1.81 bits per heavy atom. The summed E-state index contributed by atoms with van der Waals surface area (Å²) < 4.78 is 2.22. The SMILES string of the molecule is Cc1cc(C)n2c(NC(C)(C)CC(C)(C)C)c(-c3cccnc3)nc2c1. The number of hydrogen-bond donors (Lipinski definition) is 1. The minimum absolute atomic E-state index is 0.0670. The molecule has 0 fully saturated rings. The second-order valence-corrected chi connectivity index (χ2v) is 9.16. The largest absolute Gasteiger partial charge is 0.364 e. The van der Waals surface area contributed by atoms with Crippen LogP contribution in [0.25, 0.3) is 16.9 Å². The first-order chi connectivity index (χ1) is 12.1. The van der Waals surface area contributed by atoms with E-state index >= 15 is 0 Å². The molecule has 0 radical (unpaired) electrons. The third kappa shape index (κ3) is 3.90. The van der Waals surface area contributed by atoms with Crippen molar-refractivity contribution < 1.29 is 0 Å². The quantitative estimate of drug-likeness (QED) is 0.662. The first-order valence-corrected chi connectivity index (χ1v) is 9.24. The number of nitrogens with zero attached hydrogens (tertiary/aromatic N) is 3. The Hall–Kier alpha value is -2.36. The van der Waals surface area contributed by atoms with Gasteiger partial charge < -0.3 is 5.32 Å².